The van der Waals surface area contributed by atoms with Crippen molar-refractivity contribution in [2.75, 3.05) is 0 Å². The average molecular weight is 250 g/mol. The Hall–Kier alpha value is -2.15. The zero-order valence-electron chi connectivity index (χ0n) is 11.0. The Kier molecular flexibility index (Phi) is 5.12. The molecule has 0 aliphatic rings. The minimum Gasteiger partial charge on any atom is -0.294 e. The second kappa shape index (κ2) is 7.32. The molecule has 0 bridgehead atoms. The zero-order chi connectivity index (χ0) is 13.3. The van der Waals surface area contributed by atoms with Gasteiger partial charge in [-0.05, 0) is 30.0 Å². The molecule has 0 unspecified atom stereocenters. The maximum atomic E-state index is 11.7. The Morgan fingerprint density at radius 1 is 0.842 bits per heavy atom. The van der Waals surface area contributed by atoms with E-state index in [1.165, 1.54) is 5.56 Å². The molecule has 2 aromatic carbocycles. The molecule has 2 rings (SSSR count). The molecule has 0 saturated heterocycles. The lowest BCUT2D eigenvalue weighted by atomic mass is 10.1. The predicted molar refractivity (Wildman–Crippen MR) is 79.1 cm³/mol. The second-order valence-corrected chi connectivity index (χ2v) is 4.56. The van der Waals surface area contributed by atoms with Crippen LogP contribution in [-0.2, 0) is 17.6 Å². The summed E-state index contributed by atoms with van der Waals surface area (Å²) in [5.74, 6) is 0.166. The van der Waals surface area contributed by atoms with E-state index < -0.39 is 0 Å². The number of carbonyl (C=O) groups excluding carboxylic acids is 1. The Balaban J connectivity index is 1.75. The van der Waals surface area contributed by atoms with E-state index in [0.717, 1.165) is 18.4 Å². The Morgan fingerprint density at radius 3 is 2.05 bits per heavy atom. The van der Waals surface area contributed by atoms with E-state index in [0.29, 0.717) is 6.42 Å². The molecule has 1 nitrogen and oxygen atoms in total. The number of ketones is 1. The van der Waals surface area contributed by atoms with Crippen molar-refractivity contribution in [2.45, 2.75) is 19.3 Å². The van der Waals surface area contributed by atoms with Crippen LogP contribution in [0.25, 0.3) is 0 Å². The van der Waals surface area contributed by atoms with Crippen molar-refractivity contribution in [1.29, 1.82) is 0 Å². The molecule has 0 heterocycles. The van der Waals surface area contributed by atoms with Gasteiger partial charge in [0, 0.05) is 6.42 Å². The summed E-state index contributed by atoms with van der Waals surface area (Å²) in [6, 6.07) is 20.2. The van der Waals surface area contributed by atoms with Crippen LogP contribution in [0.2, 0.25) is 0 Å². The van der Waals surface area contributed by atoms with Crippen molar-refractivity contribution in [3.63, 3.8) is 0 Å². The molecule has 2 aromatic rings. The van der Waals surface area contributed by atoms with Crippen LogP contribution in [0.5, 0.6) is 0 Å². The van der Waals surface area contributed by atoms with Crippen LogP contribution in [0, 0.1) is 0 Å². The topological polar surface area (TPSA) is 17.1 Å². The molecule has 96 valence electrons. The largest absolute Gasteiger partial charge is 0.294 e. The highest BCUT2D eigenvalue weighted by Crippen LogP contribution is 2.04. The van der Waals surface area contributed by atoms with Gasteiger partial charge in [0.15, 0.2) is 5.78 Å². The Bertz CT molecular complexity index is 526. The van der Waals surface area contributed by atoms with E-state index in [9.17, 15) is 4.79 Å². The molecule has 0 spiro atoms. The highest BCUT2D eigenvalue weighted by Gasteiger charge is 1.98. The van der Waals surface area contributed by atoms with Gasteiger partial charge in [-0.3, -0.25) is 4.79 Å². The van der Waals surface area contributed by atoms with Crippen LogP contribution in [0.3, 0.4) is 0 Å². The van der Waals surface area contributed by atoms with Crippen molar-refractivity contribution in [3.8, 4) is 0 Å². The van der Waals surface area contributed by atoms with Crippen molar-refractivity contribution >= 4 is 5.78 Å². The van der Waals surface area contributed by atoms with Gasteiger partial charge in [0.05, 0.1) is 0 Å². The molecule has 19 heavy (non-hydrogen) atoms. The first-order chi connectivity index (χ1) is 9.34. The molecular formula is C18H18O. The number of hydrogen-bond donors (Lipinski definition) is 0. The van der Waals surface area contributed by atoms with Gasteiger partial charge in [0.25, 0.3) is 0 Å². The smallest absolute Gasteiger partial charge is 0.159 e. The van der Waals surface area contributed by atoms with Gasteiger partial charge >= 0.3 is 0 Å². The number of rotatable bonds is 6. The summed E-state index contributed by atoms with van der Waals surface area (Å²) in [6.45, 7) is 0. The van der Waals surface area contributed by atoms with Crippen LogP contribution in [0.15, 0.2) is 72.8 Å². The fourth-order valence-electron chi connectivity index (χ4n) is 1.97. The van der Waals surface area contributed by atoms with Gasteiger partial charge in [-0.15, -0.1) is 0 Å². The number of benzene rings is 2. The Labute approximate surface area is 114 Å². The quantitative estimate of drug-likeness (QED) is 0.708. The molecule has 0 N–H and O–H groups in total. The lowest BCUT2D eigenvalue weighted by Crippen LogP contribution is -1.98. The van der Waals surface area contributed by atoms with Crippen LogP contribution in [-0.4, -0.2) is 5.78 Å². The molecule has 0 radical (unpaired) electrons. The third-order valence-electron chi connectivity index (χ3n) is 2.97. The SMILES string of the molecule is O=C(/C=C/CCc1ccccc1)Cc1ccccc1. The lowest BCUT2D eigenvalue weighted by molar-refractivity contribution is -0.114. The van der Waals surface area contributed by atoms with Gasteiger partial charge in [-0.25, -0.2) is 0 Å². The first-order valence-electron chi connectivity index (χ1n) is 6.62. The van der Waals surface area contributed by atoms with Crippen molar-refractivity contribution in [3.05, 3.63) is 83.9 Å². The van der Waals surface area contributed by atoms with E-state index in [4.69, 9.17) is 0 Å². The summed E-state index contributed by atoms with van der Waals surface area (Å²) in [6.07, 6.45) is 6.05. The molecule has 0 fully saturated rings. The fraction of sp³-hybridized carbons (Fsp3) is 0.167. The van der Waals surface area contributed by atoms with Gasteiger partial charge in [0.1, 0.15) is 0 Å². The molecule has 0 aliphatic heterocycles. The number of carbonyl (C=O) groups is 1. The Morgan fingerprint density at radius 2 is 1.42 bits per heavy atom. The maximum Gasteiger partial charge on any atom is 0.159 e. The molecule has 0 amide bonds. The lowest BCUT2D eigenvalue weighted by Gasteiger charge is -1.97. The van der Waals surface area contributed by atoms with E-state index in [-0.39, 0.29) is 5.78 Å². The molecule has 1 heteroatoms. The molecule has 0 aliphatic carbocycles. The molecule has 0 atom stereocenters. The van der Waals surface area contributed by atoms with Gasteiger partial charge < -0.3 is 0 Å². The summed E-state index contributed by atoms with van der Waals surface area (Å²) < 4.78 is 0. The highest BCUT2D eigenvalue weighted by molar-refractivity contribution is 5.91. The van der Waals surface area contributed by atoms with E-state index in [2.05, 4.69) is 12.1 Å². The number of allylic oxidation sites excluding steroid dienone is 2. The first kappa shape index (κ1) is 13.3. The van der Waals surface area contributed by atoms with Gasteiger partial charge in [0.2, 0.25) is 0 Å². The minimum absolute atomic E-state index is 0.166. The second-order valence-electron chi connectivity index (χ2n) is 4.56. The summed E-state index contributed by atoms with van der Waals surface area (Å²) in [5.41, 5.74) is 2.38. The summed E-state index contributed by atoms with van der Waals surface area (Å²) >= 11 is 0. The monoisotopic (exact) mass is 250 g/mol. The first-order valence-corrected chi connectivity index (χ1v) is 6.62. The number of hydrogen-bond acceptors (Lipinski definition) is 1. The molecule has 0 saturated carbocycles. The van der Waals surface area contributed by atoms with E-state index in [1.807, 2.05) is 54.6 Å². The van der Waals surface area contributed by atoms with Gasteiger partial charge in [-0.1, -0.05) is 66.7 Å². The van der Waals surface area contributed by atoms with E-state index in [1.54, 1.807) is 6.08 Å². The third-order valence-corrected chi connectivity index (χ3v) is 2.97. The number of aryl methyl sites for hydroxylation is 1. The van der Waals surface area contributed by atoms with Crippen molar-refractivity contribution in [2.24, 2.45) is 0 Å². The van der Waals surface area contributed by atoms with Gasteiger partial charge in [-0.2, -0.15) is 0 Å². The van der Waals surface area contributed by atoms with E-state index >= 15 is 0 Å². The minimum atomic E-state index is 0.166. The summed E-state index contributed by atoms with van der Waals surface area (Å²) in [4.78, 5) is 11.7. The molecule has 0 aromatic heterocycles. The van der Waals surface area contributed by atoms with Crippen LogP contribution < -0.4 is 0 Å². The van der Waals surface area contributed by atoms with Crippen LogP contribution in [0.4, 0.5) is 0 Å². The normalized spacial score (nSPS) is 10.7. The highest BCUT2D eigenvalue weighted by atomic mass is 16.1. The van der Waals surface area contributed by atoms with Crippen molar-refractivity contribution in [1.82, 2.24) is 0 Å². The average Bonchev–Trinajstić information content (AvgIpc) is 2.46. The standard InChI is InChI=1S/C18H18O/c19-18(15-17-12-5-2-6-13-17)14-8-7-11-16-9-3-1-4-10-16/h1-6,8-10,12-14H,7,11,15H2/b14-8+. The van der Waals surface area contributed by atoms with Crippen molar-refractivity contribution < 1.29 is 4.79 Å². The van der Waals surface area contributed by atoms with Crippen LogP contribution >= 0.6 is 0 Å². The summed E-state index contributed by atoms with van der Waals surface area (Å²) in [5, 5.41) is 0. The summed E-state index contributed by atoms with van der Waals surface area (Å²) in [7, 11) is 0. The maximum absolute atomic E-state index is 11.7. The predicted octanol–water partition coefficient (Wildman–Crippen LogP) is 3.99. The van der Waals surface area contributed by atoms with Crippen LogP contribution in [0.1, 0.15) is 17.5 Å². The fourth-order valence-corrected chi connectivity index (χ4v) is 1.97. The zero-order valence-corrected chi connectivity index (χ0v) is 11.0. The molecular weight excluding hydrogens is 232 g/mol. The third kappa shape index (κ3) is 4.92.